The van der Waals surface area contributed by atoms with Crippen LogP contribution in [-0.4, -0.2) is 106 Å². The van der Waals surface area contributed by atoms with Crippen LogP contribution in [0, 0.1) is 12.3 Å². The lowest BCUT2D eigenvalue weighted by Gasteiger charge is -2.47. The molecule has 0 spiro atoms. The Balaban J connectivity index is 3.16. The lowest BCUT2D eigenvalue weighted by molar-refractivity contribution is -0.313. The summed E-state index contributed by atoms with van der Waals surface area (Å²) in [5.41, 5.74) is 5.40. The molecule has 0 aliphatic carbocycles. The maximum absolute atomic E-state index is 12.2. The minimum Gasteiger partial charge on any atom is -0.481 e. The Morgan fingerprint density at radius 1 is 1.24 bits per heavy atom. The smallest absolute Gasteiger partial charge is 0.364 e. The molecule has 1 aliphatic rings. The average molecular weight is 476 g/mol. The third-order valence-electron chi connectivity index (χ3n) is 5.07. The largest absolute Gasteiger partial charge is 0.481 e. The van der Waals surface area contributed by atoms with E-state index in [0.717, 1.165) is 0 Å². The molecule has 0 unspecified atom stereocenters. The van der Waals surface area contributed by atoms with Crippen molar-refractivity contribution in [1.82, 2.24) is 5.32 Å². The number of terminal acetylenes is 1. The number of amides is 1. The van der Waals surface area contributed by atoms with E-state index >= 15 is 0 Å². The number of carboxylic acids is 2. The number of rotatable bonds is 15. The van der Waals surface area contributed by atoms with Crippen molar-refractivity contribution in [3.8, 4) is 12.3 Å². The number of unbranched alkanes of at least 4 members (excludes halogenated alkanes) is 2. The van der Waals surface area contributed by atoms with Crippen LogP contribution < -0.4 is 11.1 Å². The Bertz CT molecular complexity index is 698. The summed E-state index contributed by atoms with van der Waals surface area (Å²) in [4.78, 5) is 34.6. The van der Waals surface area contributed by atoms with Crippen molar-refractivity contribution < 1.29 is 54.1 Å². The second kappa shape index (κ2) is 14.1. The van der Waals surface area contributed by atoms with E-state index in [2.05, 4.69) is 11.2 Å². The molecule has 6 atom stereocenters. The van der Waals surface area contributed by atoms with Gasteiger partial charge in [-0.25, -0.2) is 4.79 Å². The van der Waals surface area contributed by atoms with E-state index in [1.807, 2.05) is 0 Å². The van der Waals surface area contributed by atoms with Crippen LogP contribution in [0.5, 0.6) is 0 Å². The van der Waals surface area contributed by atoms with Crippen molar-refractivity contribution in [3.63, 3.8) is 0 Å². The Kier molecular flexibility index (Phi) is 12.2. The highest BCUT2D eigenvalue weighted by atomic mass is 16.7. The number of nitrogens with one attached hydrogen (secondary N) is 1. The quantitative estimate of drug-likeness (QED) is 0.0955. The number of hydrogen-bond acceptors (Lipinski definition) is 10. The molecule has 1 fully saturated rings. The first-order chi connectivity index (χ1) is 15.6. The zero-order valence-corrected chi connectivity index (χ0v) is 18.1. The van der Waals surface area contributed by atoms with Crippen LogP contribution >= 0.6 is 0 Å². The van der Waals surface area contributed by atoms with Crippen molar-refractivity contribution in [2.75, 3.05) is 26.4 Å². The molecule has 0 radical (unpaired) electrons. The minimum atomic E-state index is -2.33. The van der Waals surface area contributed by atoms with Crippen LogP contribution in [0.2, 0.25) is 0 Å². The second-order valence-corrected chi connectivity index (χ2v) is 7.50. The Hall–Kier alpha value is -2.31. The molecule has 0 aromatic rings. The third kappa shape index (κ3) is 8.52. The van der Waals surface area contributed by atoms with Crippen molar-refractivity contribution in [2.45, 2.75) is 68.3 Å². The Morgan fingerprint density at radius 3 is 2.48 bits per heavy atom. The number of hydrogen-bond donors (Lipinski definition) is 7. The van der Waals surface area contributed by atoms with Gasteiger partial charge >= 0.3 is 11.9 Å². The molecule has 0 bridgehead atoms. The predicted molar refractivity (Wildman–Crippen MR) is 111 cm³/mol. The Morgan fingerprint density at radius 2 is 1.94 bits per heavy atom. The van der Waals surface area contributed by atoms with Crippen LogP contribution in [0.3, 0.4) is 0 Å². The molecule has 1 rings (SSSR count). The number of ether oxygens (including phenoxy) is 3. The highest BCUT2D eigenvalue weighted by molar-refractivity contribution is 5.78. The molecule has 8 N–H and O–H groups in total. The maximum Gasteiger partial charge on any atom is 0.364 e. The molecule has 188 valence electrons. The first-order valence-electron chi connectivity index (χ1n) is 10.4. The van der Waals surface area contributed by atoms with E-state index < -0.39 is 73.7 Å². The van der Waals surface area contributed by atoms with Crippen molar-refractivity contribution in [1.29, 1.82) is 0 Å². The number of aliphatic carboxylic acids is 2. The van der Waals surface area contributed by atoms with E-state index in [-0.39, 0.29) is 19.6 Å². The zero-order chi connectivity index (χ0) is 25.0. The number of nitrogens with two attached hydrogens (primary N) is 1. The van der Waals surface area contributed by atoms with E-state index in [4.69, 9.17) is 36.6 Å². The summed E-state index contributed by atoms with van der Waals surface area (Å²) in [6, 6.07) is -1.21. The van der Waals surface area contributed by atoms with Crippen molar-refractivity contribution >= 4 is 17.8 Å². The monoisotopic (exact) mass is 476 g/mol. The summed E-state index contributed by atoms with van der Waals surface area (Å²) in [6.45, 7) is -1.70. The molecule has 0 aromatic heterocycles. The van der Waals surface area contributed by atoms with Gasteiger partial charge in [-0.15, -0.1) is 6.42 Å². The third-order valence-corrected chi connectivity index (χ3v) is 5.07. The van der Waals surface area contributed by atoms with Gasteiger partial charge in [-0.3, -0.25) is 9.59 Å². The summed E-state index contributed by atoms with van der Waals surface area (Å²) in [6.07, 6.45) is -0.114. The molecule has 33 heavy (non-hydrogen) atoms. The maximum atomic E-state index is 12.2. The molecule has 0 saturated carbocycles. The van der Waals surface area contributed by atoms with Gasteiger partial charge in [-0.05, 0) is 12.8 Å². The van der Waals surface area contributed by atoms with Gasteiger partial charge in [0.05, 0.1) is 24.9 Å². The standard InChI is InChI=1S/C20H32N2O11/c1-2-7-31-13-9-20(19(29)30,32-8-5-3-4-6-15(26)27)33-18(17(28)12(24)10-21)16(13)22-14(25)11-23/h1,12-13,16-18,23-24,28H,3-11,21H2,(H,22,25)(H,26,27)(H,29,30)/t12-,13+,16-,17-,18-,20-/m1/s1. The van der Waals surface area contributed by atoms with Gasteiger partial charge in [0.2, 0.25) is 5.91 Å². The SMILES string of the molecule is C#CCO[C@H]1C[C@](OCCCCCC(=O)O)(C(=O)O)O[C@@H]([C@H](O)[C@H](O)CN)[C@@H]1NC(=O)CO. The van der Waals surface area contributed by atoms with Gasteiger partial charge in [-0.1, -0.05) is 12.3 Å². The fourth-order valence-corrected chi connectivity index (χ4v) is 3.39. The average Bonchev–Trinajstić information content (AvgIpc) is 2.79. The summed E-state index contributed by atoms with van der Waals surface area (Å²) < 4.78 is 16.7. The molecule has 1 saturated heterocycles. The van der Waals surface area contributed by atoms with Crippen molar-refractivity contribution in [2.24, 2.45) is 5.73 Å². The van der Waals surface area contributed by atoms with Gasteiger partial charge < -0.3 is 50.8 Å². The van der Waals surface area contributed by atoms with Crippen molar-refractivity contribution in [3.05, 3.63) is 0 Å². The molecule has 1 heterocycles. The predicted octanol–water partition coefficient (Wildman–Crippen LogP) is -2.61. The van der Waals surface area contributed by atoms with E-state index in [1.54, 1.807) is 0 Å². The number of carbonyl (C=O) groups is 3. The first-order valence-corrected chi connectivity index (χ1v) is 10.4. The van der Waals surface area contributed by atoms with E-state index in [0.29, 0.717) is 19.3 Å². The van der Waals surface area contributed by atoms with Gasteiger partial charge in [0.1, 0.15) is 25.4 Å². The van der Waals surface area contributed by atoms with Gasteiger partial charge in [-0.2, -0.15) is 0 Å². The number of aliphatic hydroxyl groups is 3. The van der Waals surface area contributed by atoms with Gasteiger partial charge in [0.25, 0.3) is 5.79 Å². The number of carboxylic acid groups (broad SMARTS) is 2. The number of aliphatic hydroxyl groups excluding tert-OH is 3. The normalized spacial score (nSPS) is 26.7. The van der Waals surface area contributed by atoms with E-state index in [1.165, 1.54) is 0 Å². The highest BCUT2D eigenvalue weighted by Gasteiger charge is 2.56. The molecule has 13 nitrogen and oxygen atoms in total. The fraction of sp³-hybridized carbons (Fsp3) is 0.750. The topological polar surface area (TPSA) is 218 Å². The Labute approximate surface area is 190 Å². The van der Waals surface area contributed by atoms with Gasteiger partial charge in [0, 0.05) is 19.4 Å². The highest BCUT2D eigenvalue weighted by Crippen LogP contribution is 2.35. The summed E-state index contributed by atoms with van der Waals surface area (Å²) >= 11 is 0. The van der Waals surface area contributed by atoms with Crippen LogP contribution in [-0.2, 0) is 28.6 Å². The van der Waals surface area contributed by atoms with Crippen LogP contribution in [0.4, 0.5) is 0 Å². The van der Waals surface area contributed by atoms with Crippen LogP contribution in [0.15, 0.2) is 0 Å². The van der Waals surface area contributed by atoms with Gasteiger partial charge in [0.15, 0.2) is 0 Å². The summed E-state index contributed by atoms with van der Waals surface area (Å²) in [7, 11) is 0. The number of carbonyl (C=O) groups excluding carboxylic acids is 1. The molecular weight excluding hydrogens is 444 g/mol. The first kappa shape index (κ1) is 28.7. The molecule has 1 aliphatic heterocycles. The minimum absolute atomic E-state index is 0.0416. The molecule has 0 aromatic carbocycles. The van der Waals surface area contributed by atoms with Crippen LogP contribution in [0.1, 0.15) is 32.1 Å². The lowest BCUT2D eigenvalue weighted by Crippen LogP contribution is -2.68. The van der Waals surface area contributed by atoms with E-state index in [9.17, 15) is 29.7 Å². The van der Waals surface area contributed by atoms with Crippen LogP contribution in [0.25, 0.3) is 0 Å². The molecule has 13 heteroatoms. The molecular formula is C20H32N2O11. The molecule has 1 amide bonds. The zero-order valence-electron chi connectivity index (χ0n) is 18.1. The second-order valence-electron chi connectivity index (χ2n) is 7.50. The summed E-state index contributed by atoms with van der Waals surface area (Å²) in [5, 5.41) is 50.7. The lowest BCUT2D eigenvalue weighted by atomic mass is 9.88. The summed E-state index contributed by atoms with van der Waals surface area (Å²) in [5.74, 6) is -3.47. The fourth-order valence-electron chi connectivity index (χ4n) is 3.39.